The minimum atomic E-state index is 0.0637. The summed E-state index contributed by atoms with van der Waals surface area (Å²) in [4.78, 5) is 2.26. The lowest BCUT2D eigenvalue weighted by molar-refractivity contribution is 0.318. The Labute approximate surface area is 112 Å². The maximum atomic E-state index is 8.87. The second kappa shape index (κ2) is 5.48. The van der Waals surface area contributed by atoms with Crippen LogP contribution in [0.1, 0.15) is 25.3 Å². The van der Waals surface area contributed by atoms with E-state index in [1.54, 1.807) is 6.07 Å². The summed E-state index contributed by atoms with van der Waals surface area (Å²) in [5, 5.41) is 12.5. The van der Waals surface area contributed by atoms with Gasteiger partial charge in [0.05, 0.1) is 10.6 Å². The van der Waals surface area contributed by atoms with E-state index in [-0.39, 0.29) is 5.84 Å². The van der Waals surface area contributed by atoms with E-state index in [1.807, 2.05) is 12.1 Å². The van der Waals surface area contributed by atoms with Crippen LogP contribution < -0.4 is 10.6 Å². The molecule has 0 radical (unpaired) electrons. The van der Waals surface area contributed by atoms with Crippen LogP contribution in [0.25, 0.3) is 0 Å². The summed E-state index contributed by atoms with van der Waals surface area (Å²) in [6.45, 7) is 4.20. The number of oxime groups is 1. The monoisotopic (exact) mass is 267 g/mol. The normalized spacial score (nSPS) is 21.1. The predicted molar refractivity (Wildman–Crippen MR) is 74.6 cm³/mol. The number of amidine groups is 1. The number of rotatable bonds is 2. The smallest absolute Gasteiger partial charge is 0.173 e. The molecule has 18 heavy (non-hydrogen) atoms. The van der Waals surface area contributed by atoms with Gasteiger partial charge in [-0.1, -0.05) is 29.7 Å². The van der Waals surface area contributed by atoms with Gasteiger partial charge in [-0.05, 0) is 30.9 Å². The molecule has 1 aromatic rings. The maximum absolute atomic E-state index is 8.87. The molecule has 3 N–H and O–H groups in total. The van der Waals surface area contributed by atoms with Gasteiger partial charge in [0.2, 0.25) is 0 Å². The van der Waals surface area contributed by atoms with E-state index < -0.39 is 0 Å². The van der Waals surface area contributed by atoms with Crippen LogP contribution in [0.4, 0.5) is 5.69 Å². The highest BCUT2D eigenvalue weighted by Gasteiger charge is 2.21. The predicted octanol–water partition coefficient (Wildman–Crippen LogP) is 2.67. The van der Waals surface area contributed by atoms with Gasteiger partial charge in [0.15, 0.2) is 5.84 Å². The number of benzene rings is 1. The number of hydrogen-bond donors (Lipinski definition) is 2. The summed E-state index contributed by atoms with van der Waals surface area (Å²) in [5.74, 6) is 0.715. The third-order valence-electron chi connectivity index (χ3n) is 3.35. The molecule has 2 rings (SSSR count). The van der Waals surface area contributed by atoms with E-state index >= 15 is 0 Å². The van der Waals surface area contributed by atoms with Crippen LogP contribution in [0.2, 0.25) is 5.02 Å². The van der Waals surface area contributed by atoms with E-state index in [2.05, 4.69) is 17.0 Å². The molecule has 5 heteroatoms. The molecule has 0 saturated carbocycles. The second-order valence-electron chi connectivity index (χ2n) is 4.81. The van der Waals surface area contributed by atoms with Gasteiger partial charge in [0, 0.05) is 18.8 Å². The third-order valence-corrected chi connectivity index (χ3v) is 3.67. The first-order chi connectivity index (χ1) is 8.63. The second-order valence-corrected chi connectivity index (χ2v) is 5.22. The number of nitrogens with two attached hydrogens (primary N) is 1. The van der Waals surface area contributed by atoms with Gasteiger partial charge in [-0.2, -0.15) is 0 Å². The lowest BCUT2D eigenvalue weighted by Gasteiger charge is -2.34. The highest BCUT2D eigenvalue weighted by atomic mass is 35.5. The Morgan fingerprint density at radius 1 is 1.56 bits per heavy atom. The molecule has 4 nitrogen and oxygen atoms in total. The van der Waals surface area contributed by atoms with Crippen molar-refractivity contribution in [1.29, 1.82) is 0 Å². The number of halogens is 1. The first kappa shape index (κ1) is 13.0. The minimum absolute atomic E-state index is 0.0637. The molecule has 1 aliphatic rings. The molecule has 1 aromatic carbocycles. The van der Waals surface area contributed by atoms with E-state index in [1.165, 1.54) is 6.42 Å². The van der Waals surface area contributed by atoms with E-state index in [0.717, 1.165) is 25.2 Å². The van der Waals surface area contributed by atoms with Crippen LogP contribution in [-0.4, -0.2) is 24.1 Å². The van der Waals surface area contributed by atoms with Gasteiger partial charge >= 0.3 is 0 Å². The van der Waals surface area contributed by atoms with Crippen LogP contribution >= 0.6 is 11.6 Å². The van der Waals surface area contributed by atoms with Gasteiger partial charge in [-0.25, -0.2) is 0 Å². The van der Waals surface area contributed by atoms with Gasteiger partial charge < -0.3 is 15.8 Å². The Bertz CT molecular complexity index is 462. The lowest BCUT2D eigenvalue weighted by atomic mass is 9.98. The summed E-state index contributed by atoms with van der Waals surface area (Å²) in [6.07, 6.45) is 2.40. The zero-order valence-electron chi connectivity index (χ0n) is 10.4. The summed E-state index contributed by atoms with van der Waals surface area (Å²) in [6, 6.07) is 5.62. The Hall–Kier alpha value is -1.42. The number of hydrogen-bond acceptors (Lipinski definition) is 3. The van der Waals surface area contributed by atoms with Crippen molar-refractivity contribution in [3.63, 3.8) is 0 Å². The topological polar surface area (TPSA) is 61.8 Å². The maximum Gasteiger partial charge on any atom is 0.173 e. The Morgan fingerprint density at radius 2 is 2.33 bits per heavy atom. The molecule has 1 fully saturated rings. The fraction of sp³-hybridized carbons (Fsp3) is 0.462. The molecule has 0 spiro atoms. The number of nitrogens with zero attached hydrogens (tertiary/aromatic N) is 2. The summed E-state index contributed by atoms with van der Waals surface area (Å²) < 4.78 is 0. The average Bonchev–Trinajstić information content (AvgIpc) is 2.37. The zero-order valence-corrected chi connectivity index (χ0v) is 11.2. The molecular weight excluding hydrogens is 250 g/mol. The van der Waals surface area contributed by atoms with E-state index in [0.29, 0.717) is 16.5 Å². The van der Waals surface area contributed by atoms with Crippen LogP contribution in [0.15, 0.2) is 23.4 Å². The number of piperidine rings is 1. The first-order valence-electron chi connectivity index (χ1n) is 6.15. The van der Waals surface area contributed by atoms with Crippen molar-refractivity contribution in [1.82, 2.24) is 0 Å². The van der Waals surface area contributed by atoms with Crippen LogP contribution in [-0.2, 0) is 0 Å². The highest BCUT2D eigenvalue weighted by molar-refractivity contribution is 6.34. The summed E-state index contributed by atoms with van der Waals surface area (Å²) in [5.41, 5.74) is 7.30. The molecule has 1 unspecified atom stereocenters. The van der Waals surface area contributed by atoms with Gasteiger partial charge in [0.1, 0.15) is 0 Å². The van der Waals surface area contributed by atoms with Crippen molar-refractivity contribution in [2.75, 3.05) is 18.0 Å². The van der Waals surface area contributed by atoms with Crippen molar-refractivity contribution in [3.8, 4) is 0 Å². The number of anilines is 1. The van der Waals surface area contributed by atoms with Crippen molar-refractivity contribution in [2.45, 2.75) is 19.8 Å². The van der Waals surface area contributed by atoms with Crippen molar-refractivity contribution in [2.24, 2.45) is 16.8 Å². The summed E-state index contributed by atoms with van der Waals surface area (Å²) >= 11 is 6.16. The molecule has 1 atom stereocenters. The minimum Gasteiger partial charge on any atom is -0.409 e. The largest absolute Gasteiger partial charge is 0.409 e. The van der Waals surface area contributed by atoms with Crippen molar-refractivity contribution >= 4 is 23.1 Å². The lowest BCUT2D eigenvalue weighted by Crippen LogP contribution is -2.35. The molecule has 0 aliphatic carbocycles. The van der Waals surface area contributed by atoms with Crippen molar-refractivity contribution < 1.29 is 5.21 Å². The Kier molecular flexibility index (Phi) is 3.97. The highest BCUT2D eigenvalue weighted by Crippen LogP contribution is 2.30. The SMILES string of the molecule is CC1CCCN(c2cccc(Cl)c2/C(N)=N/O)C1. The van der Waals surface area contributed by atoms with Gasteiger partial charge in [0.25, 0.3) is 0 Å². The fourth-order valence-electron chi connectivity index (χ4n) is 2.49. The van der Waals surface area contributed by atoms with Crippen molar-refractivity contribution in [3.05, 3.63) is 28.8 Å². The zero-order chi connectivity index (χ0) is 13.1. The molecule has 0 amide bonds. The molecule has 0 bridgehead atoms. The molecular formula is C13H18ClN3O. The molecule has 1 heterocycles. The molecule has 0 aromatic heterocycles. The summed E-state index contributed by atoms with van der Waals surface area (Å²) in [7, 11) is 0. The fourth-order valence-corrected chi connectivity index (χ4v) is 2.75. The van der Waals surface area contributed by atoms with Crippen LogP contribution in [0.5, 0.6) is 0 Å². The molecule has 1 aliphatic heterocycles. The molecule has 1 saturated heterocycles. The quantitative estimate of drug-likeness (QED) is 0.375. The van der Waals surface area contributed by atoms with Crippen LogP contribution in [0, 0.1) is 5.92 Å². The van der Waals surface area contributed by atoms with E-state index in [9.17, 15) is 0 Å². The van der Waals surface area contributed by atoms with Gasteiger partial charge in [-0.3, -0.25) is 0 Å². The Morgan fingerprint density at radius 3 is 3.00 bits per heavy atom. The van der Waals surface area contributed by atoms with E-state index in [4.69, 9.17) is 22.5 Å². The standard InChI is InChI=1S/C13H18ClN3O/c1-9-4-3-7-17(8-9)11-6-2-5-10(14)12(11)13(15)16-18/h2,5-6,9,18H,3-4,7-8H2,1H3,(H2,15,16). The third kappa shape index (κ3) is 2.53. The molecule has 98 valence electrons. The van der Waals surface area contributed by atoms with Gasteiger partial charge in [-0.15, -0.1) is 0 Å². The first-order valence-corrected chi connectivity index (χ1v) is 6.52. The average molecular weight is 268 g/mol. The van der Waals surface area contributed by atoms with Crippen LogP contribution in [0.3, 0.4) is 0 Å². The Balaban J connectivity index is 2.40.